The maximum absolute atomic E-state index is 4.53. The minimum absolute atomic E-state index is 0.687. The van der Waals surface area contributed by atoms with Crippen molar-refractivity contribution in [2.45, 2.75) is 26.3 Å². The smallest absolute Gasteiger partial charge is 0.111 e. The van der Waals surface area contributed by atoms with Gasteiger partial charge in [-0.1, -0.05) is 0 Å². The van der Waals surface area contributed by atoms with Gasteiger partial charge in [-0.2, -0.15) is 0 Å². The van der Waals surface area contributed by atoms with Crippen molar-refractivity contribution in [3.8, 4) is 0 Å². The lowest BCUT2D eigenvalue weighted by Gasteiger charge is -2.37. The first kappa shape index (κ1) is 11.9. The van der Waals surface area contributed by atoms with Crippen LogP contribution in [-0.2, 0) is 0 Å². The Bertz CT molecular complexity index is 241. The summed E-state index contributed by atoms with van der Waals surface area (Å²) in [5, 5.41) is 3.40. The van der Waals surface area contributed by atoms with E-state index in [1.807, 2.05) is 0 Å². The molecule has 16 heavy (non-hydrogen) atoms. The fourth-order valence-corrected chi connectivity index (χ4v) is 2.34. The second-order valence-corrected chi connectivity index (χ2v) is 5.01. The molecule has 0 radical (unpaired) electrons. The van der Waals surface area contributed by atoms with Crippen molar-refractivity contribution in [3.05, 3.63) is 0 Å². The predicted molar refractivity (Wildman–Crippen MR) is 68.1 cm³/mol. The van der Waals surface area contributed by atoms with Crippen LogP contribution in [0.5, 0.6) is 0 Å². The maximum atomic E-state index is 4.53. The highest BCUT2D eigenvalue weighted by Gasteiger charge is 2.19. The number of nitrogens with zero attached hydrogens (tertiary/aromatic N) is 3. The summed E-state index contributed by atoms with van der Waals surface area (Å²) < 4.78 is 0. The Hall–Kier alpha value is -0.610. The van der Waals surface area contributed by atoms with Gasteiger partial charge < -0.3 is 5.32 Å². The second kappa shape index (κ2) is 5.64. The van der Waals surface area contributed by atoms with Gasteiger partial charge in [-0.15, -0.1) is 0 Å². The second-order valence-electron chi connectivity index (χ2n) is 5.01. The molecule has 0 aromatic rings. The van der Waals surface area contributed by atoms with Gasteiger partial charge in [0.25, 0.3) is 0 Å². The number of hydrogen-bond donors (Lipinski definition) is 1. The molecule has 92 valence electrons. The van der Waals surface area contributed by atoms with Crippen molar-refractivity contribution >= 4 is 5.84 Å². The summed E-state index contributed by atoms with van der Waals surface area (Å²) in [5.41, 5.74) is 0. The molecular weight excluding hydrogens is 200 g/mol. The highest BCUT2D eigenvalue weighted by atomic mass is 15.3. The maximum Gasteiger partial charge on any atom is 0.111 e. The summed E-state index contributed by atoms with van der Waals surface area (Å²) in [6, 6.07) is 0.687. The van der Waals surface area contributed by atoms with Crippen LogP contribution < -0.4 is 5.32 Å². The summed E-state index contributed by atoms with van der Waals surface area (Å²) in [6.07, 6.45) is 1.19. The van der Waals surface area contributed by atoms with Gasteiger partial charge in [-0.05, 0) is 20.3 Å². The molecule has 1 saturated heterocycles. The average Bonchev–Trinajstić information content (AvgIpc) is 2.31. The average molecular weight is 224 g/mol. The summed E-state index contributed by atoms with van der Waals surface area (Å²) in [4.78, 5) is 9.59. The van der Waals surface area contributed by atoms with E-state index < -0.39 is 0 Å². The number of piperazine rings is 1. The molecule has 0 unspecified atom stereocenters. The minimum Gasteiger partial charge on any atom is -0.373 e. The topological polar surface area (TPSA) is 30.9 Å². The Morgan fingerprint density at radius 3 is 2.56 bits per heavy atom. The zero-order valence-corrected chi connectivity index (χ0v) is 10.6. The molecule has 2 aliphatic heterocycles. The van der Waals surface area contributed by atoms with E-state index in [-0.39, 0.29) is 0 Å². The fraction of sp³-hybridized carbons (Fsp3) is 0.917. The molecule has 0 spiro atoms. The first-order valence-electron chi connectivity index (χ1n) is 6.49. The van der Waals surface area contributed by atoms with Crippen molar-refractivity contribution in [3.63, 3.8) is 0 Å². The van der Waals surface area contributed by atoms with E-state index in [0.717, 1.165) is 19.6 Å². The monoisotopic (exact) mass is 224 g/mol. The Balaban J connectivity index is 1.74. The van der Waals surface area contributed by atoms with Gasteiger partial charge in [0, 0.05) is 45.3 Å². The van der Waals surface area contributed by atoms with E-state index >= 15 is 0 Å². The Morgan fingerprint density at radius 1 is 1.25 bits per heavy atom. The van der Waals surface area contributed by atoms with Crippen LogP contribution in [0.2, 0.25) is 0 Å². The molecule has 1 N–H and O–H groups in total. The molecule has 4 nitrogen and oxygen atoms in total. The van der Waals surface area contributed by atoms with Crippen molar-refractivity contribution in [2.24, 2.45) is 4.99 Å². The number of amidine groups is 1. The lowest BCUT2D eigenvalue weighted by Crippen LogP contribution is -2.51. The van der Waals surface area contributed by atoms with Crippen LogP contribution in [-0.4, -0.2) is 67.5 Å². The predicted octanol–water partition coefficient (Wildman–Crippen LogP) is 0.404. The van der Waals surface area contributed by atoms with Crippen LogP contribution in [0.1, 0.15) is 20.3 Å². The molecule has 2 aliphatic rings. The number of hydrogen-bond acceptors (Lipinski definition) is 4. The van der Waals surface area contributed by atoms with E-state index in [1.165, 1.54) is 38.4 Å². The standard InChI is InChI=1S/C12H24N4/c1-11(2)16-8-6-15(7-9-16)10-12-13-4-3-5-14-12/h11H,3-10H2,1-2H3,(H,13,14). The van der Waals surface area contributed by atoms with E-state index in [0.29, 0.717) is 6.04 Å². The highest BCUT2D eigenvalue weighted by Crippen LogP contribution is 2.05. The number of rotatable bonds is 3. The quantitative estimate of drug-likeness (QED) is 0.753. The summed E-state index contributed by atoms with van der Waals surface area (Å²) in [7, 11) is 0. The van der Waals surface area contributed by atoms with Crippen molar-refractivity contribution in [2.75, 3.05) is 45.8 Å². The summed E-state index contributed by atoms with van der Waals surface area (Å²) >= 11 is 0. The van der Waals surface area contributed by atoms with Crippen molar-refractivity contribution in [1.82, 2.24) is 15.1 Å². The normalized spacial score (nSPS) is 24.3. The largest absolute Gasteiger partial charge is 0.373 e. The van der Waals surface area contributed by atoms with Crippen LogP contribution in [0.25, 0.3) is 0 Å². The first-order chi connectivity index (χ1) is 7.75. The van der Waals surface area contributed by atoms with Crippen LogP contribution in [0.4, 0.5) is 0 Å². The van der Waals surface area contributed by atoms with Crippen LogP contribution in [0, 0.1) is 0 Å². The molecule has 0 amide bonds. The molecule has 0 aromatic heterocycles. The molecule has 0 aliphatic carbocycles. The molecule has 4 heteroatoms. The molecule has 2 heterocycles. The zero-order chi connectivity index (χ0) is 11.4. The Morgan fingerprint density at radius 2 is 2.00 bits per heavy atom. The van der Waals surface area contributed by atoms with Gasteiger partial charge in [0.1, 0.15) is 5.84 Å². The van der Waals surface area contributed by atoms with Crippen LogP contribution in [0.3, 0.4) is 0 Å². The van der Waals surface area contributed by atoms with Gasteiger partial charge in [0.05, 0.1) is 6.54 Å². The van der Waals surface area contributed by atoms with Crippen molar-refractivity contribution in [1.29, 1.82) is 0 Å². The zero-order valence-electron chi connectivity index (χ0n) is 10.6. The molecular formula is C12H24N4. The lowest BCUT2D eigenvalue weighted by atomic mass is 10.2. The third kappa shape index (κ3) is 3.19. The number of aliphatic imine (C=N–C) groups is 1. The molecule has 1 fully saturated rings. The SMILES string of the molecule is CC(C)N1CCN(CC2=NCCCN2)CC1. The van der Waals surface area contributed by atoms with Gasteiger partial charge in [0.15, 0.2) is 0 Å². The summed E-state index contributed by atoms with van der Waals surface area (Å²) in [5.74, 6) is 1.20. The summed E-state index contributed by atoms with van der Waals surface area (Å²) in [6.45, 7) is 12.4. The van der Waals surface area contributed by atoms with E-state index in [2.05, 4.69) is 34.0 Å². The Kier molecular flexibility index (Phi) is 4.18. The number of nitrogens with one attached hydrogen (secondary N) is 1. The van der Waals surface area contributed by atoms with Gasteiger partial charge >= 0.3 is 0 Å². The third-order valence-corrected chi connectivity index (χ3v) is 3.48. The molecule has 0 aromatic carbocycles. The molecule has 0 saturated carbocycles. The van der Waals surface area contributed by atoms with Gasteiger partial charge in [-0.25, -0.2) is 0 Å². The highest BCUT2D eigenvalue weighted by molar-refractivity contribution is 5.84. The first-order valence-corrected chi connectivity index (χ1v) is 6.49. The van der Waals surface area contributed by atoms with Gasteiger partial charge in [-0.3, -0.25) is 14.8 Å². The molecule has 0 atom stereocenters. The van der Waals surface area contributed by atoms with Crippen LogP contribution >= 0.6 is 0 Å². The van der Waals surface area contributed by atoms with E-state index in [4.69, 9.17) is 0 Å². The minimum atomic E-state index is 0.687. The third-order valence-electron chi connectivity index (χ3n) is 3.48. The lowest BCUT2D eigenvalue weighted by molar-refractivity contribution is 0.118. The molecule has 0 bridgehead atoms. The molecule has 2 rings (SSSR count). The fourth-order valence-electron chi connectivity index (χ4n) is 2.34. The van der Waals surface area contributed by atoms with Gasteiger partial charge in [0.2, 0.25) is 0 Å². The van der Waals surface area contributed by atoms with Crippen molar-refractivity contribution < 1.29 is 0 Å². The van der Waals surface area contributed by atoms with E-state index in [1.54, 1.807) is 0 Å². The Labute approximate surface area is 98.7 Å². The van der Waals surface area contributed by atoms with E-state index in [9.17, 15) is 0 Å². The van der Waals surface area contributed by atoms with Crippen LogP contribution in [0.15, 0.2) is 4.99 Å².